The predicted octanol–water partition coefficient (Wildman–Crippen LogP) is 5.56. The molecule has 0 atom stereocenters. The summed E-state index contributed by atoms with van der Waals surface area (Å²) in [7, 11) is 0. The Kier molecular flexibility index (Phi) is 7.19. The predicted molar refractivity (Wildman–Crippen MR) is 152 cm³/mol. The summed E-state index contributed by atoms with van der Waals surface area (Å²) in [6.45, 7) is 10.9. The van der Waals surface area contributed by atoms with Crippen LogP contribution in [-0.2, 0) is 16.8 Å². The lowest BCUT2D eigenvalue weighted by molar-refractivity contribution is -0.112. The van der Waals surface area contributed by atoms with Gasteiger partial charge in [-0.2, -0.15) is 4.98 Å². The second-order valence-corrected chi connectivity index (χ2v) is 10.6. The van der Waals surface area contributed by atoms with Crippen molar-refractivity contribution in [3.63, 3.8) is 0 Å². The van der Waals surface area contributed by atoms with Crippen molar-refractivity contribution >= 4 is 28.7 Å². The van der Waals surface area contributed by atoms with Crippen molar-refractivity contribution in [2.75, 3.05) is 5.32 Å². The Bertz CT molecular complexity index is 1800. The lowest BCUT2D eigenvalue weighted by Gasteiger charge is -2.10. The van der Waals surface area contributed by atoms with E-state index in [9.17, 15) is 9.59 Å². The fourth-order valence-corrected chi connectivity index (χ4v) is 3.99. The minimum atomic E-state index is -0.584. The van der Waals surface area contributed by atoms with Crippen molar-refractivity contribution in [2.45, 2.75) is 39.7 Å². The highest BCUT2D eigenvalue weighted by Crippen LogP contribution is 2.30. The summed E-state index contributed by atoms with van der Waals surface area (Å²) in [6.07, 6.45) is 1.62. The highest BCUT2D eigenvalue weighted by molar-refractivity contribution is 6.03. The number of nitrogens with zero attached hydrogens (tertiary/aromatic N) is 4. The van der Waals surface area contributed by atoms with Gasteiger partial charge in [-0.25, -0.2) is 14.4 Å². The van der Waals surface area contributed by atoms with Gasteiger partial charge in [0.2, 0.25) is 0 Å². The minimum absolute atomic E-state index is 0.0608. The number of aromatic amines is 1. The standard InChI is InChI=1S/C30H28FN7O3/c1-16(2)26(39)34-20-8-6-7-18(13-20)24-35-23-21(11-12-32-25(23)36-24)17-9-10-19(22(31)14-17)15-33-27(40)28-37-29(38-41-28)30(3,4)5/h6-14H,1,15H2,2-5H3,(H,33,40)(H,34,39)(H,32,35,36). The number of halogens is 1. The van der Waals surface area contributed by atoms with Crippen LogP contribution >= 0.6 is 0 Å². The van der Waals surface area contributed by atoms with Crippen molar-refractivity contribution in [1.29, 1.82) is 0 Å². The molecule has 0 unspecified atom stereocenters. The molecule has 2 aromatic carbocycles. The fraction of sp³-hybridized carbons (Fsp3) is 0.200. The van der Waals surface area contributed by atoms with Crippen molar-refractivity contribution in [2.24, 2.45) is 0 Å². The molecular weight excluding hydrogens is 525 g/mol. The summed E-state index contributed by atoms with van der Waals surface area (Å²) in [5, 5.41) is 9.25. The third kappa shape index (κ3) is 5.88. The van der Waals surface area contributed by atoms with Gasteiger partial charge in [0.1, 0.15) is 17.2 Å². The molecule has 0 bridgehead atoms. The van der Waals surface area contributed by atoms with E-state index in [2.05, 4.69) is 37.3 Å². The zero-order chi connectivity index (χ0) is 29.3. The highest BCUT2D eigenvalue weighted by Gasteiger charge is 2.24. The van der Waals surface area contributed by atoms with Crippen LogP contribution in [0.4, 0.5) is 10.1 Å². The molecular formula is C30H28FN7O3. The molecule has 41 heavy (non-hydrogen) atoms. The Hall–Kier alpha value is -5.19. The summed E-state index contributed by atoms with van der Waals surface area (Å²) in [5.41, 5.74) is 4.02. The normalized spacial score (nSPS) is 11.4. The smallest absolute Gasteiger partial charge is 0.315 e. The number of rotatable bonds is 7. The van der Waals surface area contributed by atoms with E-state index in [1.165, 1.54) is 6.07 Å². The second-order valence-electron chi connectivity index (χ2n) is 10.6. The largest absolute Gasteiger partial charge is 0.344 e. The van der Waals surface area contributed by atoms with Crippen molar-refractivity contribution in [1.82, 2.24) is 30.4 Å². The van der Waals surface area contributed by atoms with Crippen molar-refractivity contribution in [3.8, 4) is 22.5 Å². The number of imidazole rings is 1. The number of anilines is 1. The third-order valence-corrected chi connectivity index (χ3v) is 6.26. The third-order valence-electron chi connectivity index (χ3n) is 6.26. The Labute approximate surface area is 235 Å². The van der Waals surface area contributed by atoms with Gasteiger partial charge in [0, 0.05) is 46.1 Å². The van der Waals surface area contributed by atoms with E-state index in [1.807, 2.05) is 26.8 Å². The average molecular weight is 554 g/mol. The van der Waals surface area contributed by atoms with Gasteiger partial charge in [0.15, 0.2) is 11.5 Å². The van der Waals surface area contributed by atoms with Crippen LogP contribution in [0.1, 0.15) is 49.8 Å². The fourth-order valence-electron chi connectivity index (χ4n) is 3.99. The number of carbonyl (C=O) groups is 2. The summed E-state index contributed by atoms with van der Waals surface area (Å²) in [4.78, 5) is 40.9. The van der Waals surface area contributed by atoms with E-state index >= 15 is 4.39 Å². The molecule has 0 aliphatic heterocycles. The number of hydrogen-bond acceptors (Lipinski definition) is 7. The first-order valence-electron chi connectivity index (χ1n) is 12.8. The number of amides is 2. The first kappa shape index (κ1) is 27.4. The lowest BCUT2D eigenvalue weighted by Crippen LogP contribution is -2.24. The van der Waals surface area contributed by atoms with Crippen LogP contribution in [0.2, 0.25) is 0 Å². The number of fused-ring (bicyclic) bond motifs is 1. The maximum absolute atomic E-state index is 15.1. The molecule has 5 rings (SSSR count). The minimum Gasteiger partial charge on any atom is -0.344 e. The zero-order valence-electron chi connectivity index (χ0n) is 23.0. The second kappa shape index (κ2) is 10.8. The summed E-state index contributed by atoms with van der Waals surface area (Å²) in [5.74, 6) is -0.577. The van der Waals surface area contributed by atoms with E-state index in [4.69, 9.17) is 9.51 Å². The summed E-state index contributed by atoms with van der Waals surface area (Å²) >= 11 is 0. The number of aromatic nitrogens is 5. The number of nitrogens with one attached hydrogen (secondary N) is 3. The van der Waals surface area contributed by atoms with Gasteiger partial charge in [-0.05, 0) is 36.8 Å². The van der Waals surface area contributed by atoms with E-state index < -0.39 is 11.7 Å². The molecule has 3 aromatic heterocycles. The SMILES string of the molecule is C=C(C)C(=O)Nc1cccc(-c2nc3c(-c4ccc(CNC(=O)c5nc(C(C)(C)C)no5)c(F)c4)ccnc3[nH]2)c1. The Morgan fingerprint density at radius 1 is 1.07 bits per heavy atom. The molecule has 5 aromatic rings. The maximum atomic E-state index is 15.1. The number of hydrogen-bond donors (Lipinski definition) is 3. The van der Waals surface area contributed by atoms with Gasteiger partial charge in [-0.3, -0.25) is 9.59 Å². The molecule has 0 fully saturated rings. The maximum Gasteiger partial charge on any atom is 0.315 e. The molecule has 208 valence electrons. The highest BCUT2D eigenvalue weighted by atomic mass is 19.1. The Balaban J connectivity index is 1.36. The van der Waals surface area contributed by atoms with Crippen molar-refractivity contribution in [3.05, 3.63) is 90.0 Å². The Morgan fingerprint density at radius 3 is 2.59 bits per heavy atom. The van der Waals surface area contributed by atoms with Crippen LogP contribution in [0.3, 0.4) is 0 Å². The van der Waals surface area contributed by atoms with E-state index in [0.717, 1.165) is 5.56 Å². The Morgan fingerprint density at radius 2 is 1.88 bits per heavy atom. The van der Waals surface area contributed by atoms with Gasteiger partial charge in [0.25, 0.3) is 5.91 Å². The quantitative estimate of drug-likeness (QED) is 0.224. The lowest BCUT2D eigenvalue weighted by atomic mass is 9.96. The van der Waals surface area contributed by atoms with Gasteiger partial charge < -0.3 is 20.1 Å². The topological polar surface area (TPSA) is 139 Å². The van der Waals surface area contributed by atoms with E-state index in [-0.39, 0.29) is 23.8 Å². The van der Waals surface area contributed by atoms with Crippen LogP contribution in [0.15, 0.2) is 71.4 Å². The first-order chi connectivity index (χ1) is 19.5. The van der Waals surface area contributed by atoms with E-state index in [0.29, 0.717) is 50.8 Å². The van der Waals surface area contributed by atoms with Crippen LogP contribution < -0.4 is 10.6 Å². The summed E-state index contributed by atoms with van der Waals surface area (Å²) < 4.78 is 20.2. The molecule has 0 aliphatic rings. The van der Waals surface area contributed by atoms with E-state index in [1.54, 1.807) is 49.5 Å². The van der Waals surface area contributed by atoms with Gasteiger partial charge in [-0.1, -0.05) is 56.8 Å². The van der Waals surface area contributed by atoms with Crippen molar-refractivity contribution < 1.29 is 18.5 Å². The first-order valence-corrected chi connectivity index (χ1v) is 12.8. The number of carbonyl (C=O) groups excluding carboxylic acids is 2. The monoisotopic (exact) mass is 553 g/mol. The van der Waals surface area contributed by atoms with Gasteiger partial charge >= 0.3 is 11.8 Å². The number of benzene rings is 2. The molecule has 0 aliphatic carbocycles. The number of pyridine rings is 1. The number of H-pyrrole nitrogens is 1. The molecule has 0 radical (unpaired) electrons. The van der Waals surface area contributed by atoms with Gasteiger partial charge in [-0.15, -0.1) is 0 Å². The molecule has 11 heteroatoms. The van der Waals surface area contributed by atoms with Crippen LogP contribution in [-0.4, -0.2) is 36.9 Å². The van der Waals surface area contributed by atoms with Crippen LogP contribution in [0.25, 0.3) is 33.7 Å². The molecule has 3 heterocycles. The average Bonchev–Trinajstić information content (AvgIpc) is 3.60. The molecule has 0 spiro atoms. The van der Waals surface area contributed by atoms with Gasteiger partial charge in [0.05, 0.1) is 0 Å². The molecule has 2 amide bonds. The van der Waals surface area contributed by atoms with Crippen LogP contribution in [0, 0.1) is 5.82 Å². The zero-order valence-corrected chi connectivity index (χ0v) is 23.0. The molecule has 10 nitrogen and oxygen atoms in total. The summed E-state index contributed by atoms with van der Waals surface area (Å²) in [6, 6.07) is 13.7. The van der Waals surface area contributed by atoms with Crippen LogP contribution in [0.5, 0.6) is 0 Å². The molecule has 3 N–H and O–H groups in total. The molecule has 0 saturated heterocycles. The molecule has 0 saturated carbocycles.